The SMILES string of the molecule is O=c1[nH]c(=S)[nH]c(-c2ccccc2)c1N1CCOCC1. The van der Waals surface area contributed by atoms with Gasteiger partial charge in [-0.25, -0.2) is 0 Å². The standard InChI is InChI=1S/C14H15N3O2S/c18-13-12(17-6-8-19-9-7-17)11(15-14(20)16-13)10-4-2-1-3-5-10/h1-5H,6-9H2,(H2,15,16,18,20). The van der Waals surface area contributed by atoms with Gasteiger partial charge >= 0.3 is 0 Å². The Labute approximate surface area is 121 Å². The van der Waals surface area contributed by atoms with E-state index >= 15 is 0 Å². The second-order valence-electron chi connectivity index (χ2n) is 4.60. The Morgan fingerprint density at radius 2 is 1.80 bits per heavy atom. The average Bonchev–Trinajstić information content (AvgIpc) is 2.48. The van der Waals surface area contributed by atoms with Crippen LogP contribution in [0.2, 0.25) is 0 Å². The van der Waals surface area contributed by atoms with Crippen molar-refractivity contribution in [2.24, 2.45) is 0 Å². The normalized spacial score (nSPS) is 15.3. The van der Waals surface area contributed by atoms with Crippen molar-refractivity contribution in [2.75, 3.05) is 31.2 Å². The van der Waals surface area contributed by atoms with Crippen molar-refractivity contribution in [1.29, 1.82) is 0 Å². The largest absolute Gasteiger partial charge is 0.378 e. The van der Waals surface area contributed by atoms with Gasteiger partial charge in [-0.05, 0) is 12.2 Å². The monoisotopic (exact) mass is 289 g/mol. The van der Waals surface area contributed by atoms with Gasteiger partial charge in [-0.15, -0.1) is 0 Å². The van der Waals surface area contributed by atoms with Crippen molar-refractivity contribution < 1.29 is 4.74 Å². The Morgan fingerprint density at radius 3 is 2.50 bits per heavy atom. The minimum Gasteiger partial charge on any atom is -0.378 e. The van der Waals surface area contributed by atoms with Gasteiger partial charge in [0, 0.05) is 18.7 Å². The van der Waals surface area contributed by atoms with Crippen LogP contribution in [0.15, 0.2) is 35.1 Å². The number of ether oxygens (including phenoxy) is 1. The Kier molecular flexibility index (Phi) is 3.66. The summed E-state index contributed by atoms with van der Waals surface area (Å²) in [6.45, 7) is 2.66. The number of H-pyrrole nitrogens is 2. The summed E-state index contributed by atoms with van der Waals surface area (Å²) in [6, 6.07) is 9.75. The Balaban J connectivity index is 2.17. The van der Waals surface area contributed by atoms with Gasteiger partial charge in [-0.3, -0.25) is 9.78 Å². The maximum absolute atomic E-state index is 12.3. The van der Waals surface area contributed by atoms with Gasteiger partial charge < -0.3 is 14.6 Å². The third kappa shape index (κ3) is 2.52. The molecule has 2 aromatic rings. The molecule has 20 heavy (non-hydrogen) atoms. The maximum Gasteiger partial charge on any atom is 0.275 e. The first-order valence-electron chi connectivity index (χ1n) is 6.50. The van der Waals surface area contributed by atoms with E-state index in [1.807, 2.05) is 35.2 Å². The van der Waals surface area contributed by atoms with Crippen LogP contribution in [0.3, 0.4) is 0 Å². The number of rotatable bonds is 2. The van der Waals surface area contributed by atoms with E-state index in [4.69, 9.17) is 17.0 Å². The first-order valence-corrected chi connectivity index (χ1v) is 6.91. The van der Waals surface area contributed by atoms with Crippen LogP contribution in [0.1, 0.15) is 0 Å². The van der Waals surface area contributed by atoms with Crippen LogP contribution in [-0.4, -0.2) is 36.3 Å². The summed E-state index contributed by atoms with van der Waals surface area (Å²) in [4.78, 5) is 20.1. The van der Waals surface area contributed by atoms with E-state index < -0.39 is 0 Å². The van der Waals surface area contributed by atoms with E-state index in [1.165, 1.54) is 0 Å². The lowest BCUT2D eigenvalue weighted by atomic mass is 10.1. The van der Waals surface area contributed by atoms with Gasteiger partial charge in [0.25, 0.3) is 5.56 Å². The molecule has 1 aliphatic heterocycles. The molecule has 0 unspecified atom stereocenters. The topological polar surface area (TPSA) is 61.1 Å². The summed E-state index contributed by atoms with van der Waals surface area (Å²) in [6.07, 6.45) is 0. The molecular formula is C14H15N3O2S. The van der Waals surface area contributed by atoms with Crippen molar-refractivity contribution in [3.8, 4) is 11.3 Å². The lowest BCUT2D eigenvalue weighted by Crippen LogP contribution is -2.39. The molecule has 1 fully saturated rings. The van der Waals surface area contributed by atoms with Crippen LogP contribution in [0.5, 0.6) is 0 Å². The van der Waals surface area contributed by atoms with Gasteiger partial charge in [-0.2, -0.15) is 0 Å². The minimum absolute atomic E-state index is 0.158. The van der Waals surface area contributed by atoms with Crippen LogP contribution < -0.4 is 10.5 Å². The summed E-state index contributed by atoms with van der Waals surface area (Å²) in [7, 11) is 0. The van der Waals surface area contributed by atoms with Crippen LogP contribution in [0.25, 0.3) is 11.3 Å². The fraction of sp³-hybridized carbons (Fsp3) is 0.286. The van der Waals surface area contributed by atoms with Gasteiger partial charge in [0.1, 0.15) is 5.69 Å². The third-order valence-electron chi connectivity index (χ3n) is 3.31. The number of hydrogen-bond acceptors (Lipinski definition) is 4. The number of nitrogens with one attached hydrogen (secondary N) is 2. The van der Waals surface area contributed by atoms with Crippen LogP contribution in [0, 0.1) is 4.77 Å². The maximum atomic E-state index is 12.3. The van der Waals surface area contributed by atoms with Crippen molar-refractivity contribution in [2.45, 2.75) is 0 Å². The van der Waals surface area contributed by atoms with E-state index in [0.717, 1.165) is 11.3 Å². The number of aromatic amines is 2. The summed E-state index contributed by atoms with van der Waals surface area (Å²) < 4.78 is 5.68. The summed E-state index contributed by atoms with van der Waals surface area (Å²) in [5, 5.41) is 0. The molecule has 1 aliphatic rings. The van der Waals surface area contributed by atoms with Crippen molar-refractivity contribution in [3.63, 3.8) is 0 Å². The first kappa shape index (κ1) is 13.1. The molecular weight excluding hydrogens is 274 g/mol. The highest BCUT2D eigenvalue weighted by Crippen LogP contribution is 2.25. The Hall–Kier alpha value is -1.92. The molecule has 0 saturated carbocycles. The van der Waals surface area contributed by atoms with Crippen LogP contribution in [-0.2, 0) is 4.74 Å². The molecule has 6 heteroatoms. The molecule has 0 atom stereocenters. The molecule has 2 heterocycles. The molecule has 0 aliphatic carbocycles. The Bertz CT molecular complexity index is 702. The van der Waals surface area contributed by atoms with E-state index in [0.29, 0.717) is 36.8 Å². The molecule has 1 aromatic heterocycles. The van der Waals surface area contributed by atoms with E-state index in [-0.39, 0.29) is 5.56 Å². The molecule has 104 valence electrons. The predicted molar refractivity (Wildman–Crippen MR) is 80.7 cm³/mol. The summed E-state index contributed by atoms with van der Waals surface area (Å²) in [5.41, 5.74) is 2.19. The zero-order chi connectivity index (χ0) is 13.9. The number of benzene rings is 1. The highest BCUT2D eigenvalue weighted by atomic mass is 32.1. The summed E-state index contributed by atoms with van der Waals surface area (Å²) >= 11 is 5.09. The predicted octanol–water partition coefficient (Wildman–Crippen LogP) is 1.94. The second kappa shape index (κ2) is 5.60. The average molecular weight is 289 g/mol. The number of anilines is 1. The minimum atomic E-state index is -0.158. The molecule has 5 nitrogen and oxygen atoms in total. The van der Waals surface area contributed by atoms with Gasteiger partial charge in [0.2, 0.25) is 0 Å². The van der Waals surface area contributed by atoms with E-state index in [9.17, 15) is 4.79 Å². The fourth-order valence-electron chi connectivity index (χ4n) is 2.38. The molecule has 0 spiro atoms. The van der Waals surface area contributed by atoms with Gasteiger partial charge in [0.05, 0.1) is 18.9 Å². The quantitative estimate of drug-likeness (QED) is 0.829. The molecule has 1 aromatic carbocycles. The van der Waals surface area contributed by atoms with E-state index in [2.05, 4.69) is 9.97 Å². The smallest absolute Gasteiger partial charge is 0.275 e. The van der Waals surface area contributed by atoms with Gasteiger partial charge in [0.15, 0.2) is 4.77 Å². The van der Waals surface area contributed by atoms with E-state index in [1.54, 1.807) is 0 Å². The molecule has 1 saturated heterocycles. The number of hydrogen-bond donors (Lipinski definition) is 2. The lowest BCUT2D eigenvalue weighted by Gasteiger charge is -2.29. The van der Waals surface area contributed by atoms with Crippen LogP contribution in [0.4, 0.5) is 5.69 Å². The highest BCUT2D eigenvalue weighted by molar-refractivity contribution is 7.71. The van der Waals surface area contributed by atoms with Crippen molar-refractivity contribution in [3.05, 3.63) is 45.5 Å². The summed E-state index contributed by atoms with van der Waals surface area (Å²) in [5.74, 6) is 0. The molecule has 0 radical (unpaired) electrons. The second-order valence-corrected chi connectivity index (χ2v) is 5.01. The number of aromatic nitrogens is 2. The highest BCUT2D eigenvalue weighted by Gasteiger charge is 2.19. The molecule has 0 amide bonds. The van der Waals surface area contributed by atoms with Crippen molar-refractivity contribution >= 4 is 17.9 Å². The van der Waals surface area contributed by atoms with Crippen molar-refractivity contribution in [1.82, 2.24) is 9.97 Å². The lowest BCUT2D eigenvalue weighted by molar-refractivity contribution is 0.122. The first-order chi connectivity index (χ1) is 9.75. The Morgan fingerprint density at radius 1 is 1.10 bits per heavy atom. The number of morpholine rings is 1. The van der Waals surface area contributed by atoms with Crippen LogP contribution >= 0.6 is 12.2 Å². The number of nitrogens with zero attached hydrogens (tertiary/aromatic N) is 1. The third-order valence-corrected chi connectivity index (χ3v) is 3.51. The zero-order valence-corrected chi connectivity index (χ0v) is 11.7. The fourth-order valence-corrected chi connectivity index (χ4v) is 2.58. The molecule has 2 N–H and O–H groups in total. The molecule has 0 bridgehead atoms. The zero-order valence-electron chi connectivity index (χ0n) is 10.9. The molecule has 3 rings (SSSR count). The van der Waals surface area contributed by atoms with Gasteiger partial charge in [-0.1, -0.05) is 30.3 Å².